The van der Waals surface area contributed by atoms with E-state index < -0.39 is 5.97 Å². The number of nitrogens with zero attached hydrogens (tertiary/aromatic N) is 2. The van der Waals surface area contributed by atoms with E-state index >= 15 is 0 Å². The van der Waals surface area contributed by atoms with Gasteiger partial charge < -0.3 is 9.67 Å². The van der Waals surface area contributed by atoms with Crippen LogP contribution in [0.1, 0.15) is 40.1 Å². The lowest BCUT2D eigenvalue weighted by molar-refractivity contribution is 0.0695. The predicted octanol–water partition coefficient (Wildman–Crippen LogP) is 2.17. The van der Waals surface area contributed by atoms with Crippen LogP contribution < -0.4 is 5.56 Å². The molecule has 2 heterocycles. The molecule has 1 atom stereocenters. The molecule has 19 heavy (non-hydrogen) atoms. The van der Waals surface area contributed by atoms with Crippen molar-refractivity contribution >= 4 is 17.3 Å². The molecular weight excluding hydrogens is 264 g/mol. The third-order valence-corrected chi connectivity index (χ3v) is 4.19. The summed E-state index contributed by atoms with van der Waals surface area (Å²) in [6.45, 7) is 3.88. The first-order valence-corrected chi connectivity index (χ1v) is 6.74. The molecule has 2 aromatic heterocycles. The Morgan fingerprint density at radius 2 is 2.26 bits per heavy atom. The van der Waals surface area contributed by atoms with Gasteiger partial charge in [-0.15, -0.1) is 11.3 Å². The minimum atomic E-state index is -1.05. The standard InChI is InChI=1S/C13H14N2O3S/c1-3-10-6-14-12(19-10)8(2)15-7-9(13(17)18)4-5-11(15)16/h4-8H,3H2,1-2H3,(H,17,18). The first-order chi connectivity index (χ1) is 9.02. The molecule has 0 aliphatic carbocycles. The van der Waals surface area contributed by atoms with Gasteiger partial charge in [-0.05, 0) is 19.4 Å². The molecule has 0 saturated heterocycles. The van der Waals surface area contributed by atoms with Gasteiger partial charge in [-0.25, -0.2) is 9.78 Å². The molecule has 2 rings (SSSR count). The summed E-state index contributed by atoms with van der Waals surface area (Å²) in [4.78, 5) is 28.2. The summed E-state index contributed by atoms with van der Waals surface area (Å²) in [5.41, 5.74) is -0.135. The van der Waals surface area contributed by atoms with Crippen molar-refractivity contribution in [2.24, 2.45) is 0 Å². The Labute approximate surface area is 114 Å². The van der Waals surface area contributed by atoms with Gasteiger partial charge in [0.25, 0.3) is 5.56 Å². The van der Waals surface area contributed by atoms with Crippen LogP contribution in [0.15, 0.2) is 29.3 Å². The van der Waals surface area contributed by atoms with Crippen LogP contribution >= 0.6 is 11.3 Å². The van der Waals surface area contributed by atoms with E-state index in [-0.39, 0.29) is 17.2 Å². The van der Waals surface area contributed by atoms with E-state index in [1.807, 2.05) is 13.8 Å². The van der Waals surface area contributed by atoms with Gasteiger partial charge >= 0.3 is 5.97 Å². The van der Waals surface area contributed by atoms with Crippen molar-refractivity contribution in [1.29, 1.82) is 0 Å². The van der Waals surface area contributed by atoms with Gasteiger partial charge in [-0.2, -0.15) is 0 Å². The minimum absolute atomic E-state index is 0.0960. The number of pyridine rings is 1. The zero-order valence-corrected chi connectivity index (χ0v) is 11.5. The van der Waals surface area contributed by atoms with Crippen molar-refractivity contribution in [2.45, 2.75) is 26.3 Å². The molecule has 0 spiro atoms. The molecular formula is C13H14N2O3S. The molecule has 6 heteroatoms. The van der Waals surface area contributed by atoms with Gasteiger partial charge in [0, 0.05) is 23.3 Å². The number of aromatic nitrogens is 2. The molecule has 2 aromatic rings. The highest BCUT2D eigenvalue weighted by Gasteiger charge is 2.15. The summed E-state index contributed by atoms with van der Waals surface area (Å²) in [6.07, 6.45) is 4.05. The van der Waals surface area contributed by atoms with Gasteiger partial charge in [0.15, 0.2) is 0 Å². The fourth-order valence-corrected chi connectivity index (χ4v) is 2.64. The molecule has 0 fully saturated rings. The smallest absolute Gasteiger partial charge is 0.337 e. The number of carboxylic acids is 1. The minimum Gasteiger partial charge on any atom is -0.478 e. The van der Waals surface area contributed by atoms with Crippen molar-refractivity contribution in [3.05, 3.63) is 50.3 Å². The van der Waals surface area contributed by atoms with Crippen LogP contribution in [0.2, 0.25) is 0 Å². The number of aromatic carboxylic acids is 1. The molecule has 0 aliphatic rings. The third kappa shape index (κ3) is 2.73. The maximum Gasteiger partial charge on any atom is 0.337 e. The fourth-order valence-electron chi connectivity index (χ4n) is 1.73. The molecule has 1 N–H and O–H groups in total. The molecule has 5 nitrogen and oxygen atoms in total. The predicted molar refractivity (Wildman–Crippen MR) is 73.0 cm³/mol. The molecule has 0 amide bonds. The summed E-state index contributed by atoms with van der Waals surface area (Å²) in [5.74, 6) is -1.05. The lowest BCUT2D eigenvalue weighted by atomic mass is 10.2. The average molecular weight is 278 g/mol. The Kier molecular flexibility index (Phi) is 3.80. The summed E-state index contributed by atoms with van der Waals surface area (Å²) < 4.78 is 1.40. The topological polar surface area (TPSA) is 72.2 Å². The molecule has 0 radical (unpaired) electrons. The number of thiazole rings is 1. The van der Waals surface area contributed by atoms with Crippen molar-refractivity contribution in [3.8, 4) is 0 Å². The van der Waals surface area contributed by atoms with E-state index in [4.69, 9.17) is 5.11 Å². The molecule has 1 unspecified atom stereocenters. The largest absolute Gasteiger partial charge is 0.478 e. The van der Waals surface area contributed by atoms with Crippen LogP contribution in [-0.4, -0.2) is 20.6 Å². The average Bonchev–Trinajstić information content (AvgIpc) is 2.87. The van der Waals surface area contributed by atoms with E-state index in [0.29, 0.717) is 0 Å². The van der Waals surface area contributed by atoms with E-state index in [9.17, 15) is 9.59 Å². The van der Waals surface area contributed by atoms with E-state index in [0.717, 1.165) is 16.3 Å². The van der Waals surface area contributed by atoms with Crippen molar-refractivity contribution in [2.75, 3.05) is 0 Å². The third-order valence-electron chi connectivity index (χ3n) is 2.88. The molecule has 0 aromatic carbocycles. The zero-order chi connectivity index (χ0) is 14.0. The Bertz CT molecular complexity index is 660. The van der Waals surface area contributed by atoms with Gasteiger partial charge in [0.2, 0.25) is 0 Å². The molecule has 0 saturated carbocycles. The lowest BCUT2D eigenvalue weighted by Gasteiger charge is -2.12. The summed E-state index contributed by atoms with van der Waals surface area (Å²) in [6, 6.07) is 2.32. The molecule has 0 bridgehead atoms. The second-order valence-electron chi connectivity index (χ2n) is 4.16. The Hall–Kier alpha value is -1.95. The fraction of sp³-hybridized carbons (Fsp3) is 0.308. The van der Waals surface area contributed by atoms with Crippen molar-refractivity contribution < 1.29 is 9.90 Å². The van der Waals surface area contributed by atoms with Crippen molar-refractivity contribution in [3.63, 3.8) is 0 Å². The summed E-state index contributed by atoms with van der Waals surface area (Å²) >= 11 is 1.54. The second-order valence-corrected chi connectivity index (χ2v) is 5.31. The van der Waals surface area contributed by atoms with Crippen LogP contribution in [0.5, 0.6) is 0 Å². The molecule has 0 aliphatic heterocycles. The van der Waals surface area contributed by atoms with Crippen LogP contribution in [0.25, 0.3) is 0 Å². The Morgan fingerprint density at radius 1 is 1.53 bits per heavy atom. The number of aryl methyl sites for hydroxylation is 1. The van der Waals surface area contributed by atoms with Crippen LogP contribution in [-0.2, 0) is 6.42 Å². The number of hydrogen-bond donors (Lipinski definition) is 1. The summed E-state index contributed by atoms with van der Waals surface area (Å²) in [5, 5.41) is 9.77. The maximum absolute atomic E-state index is 11.8. The zero-order valence-electron chi connectivity index (χ0n) is 10.7. The van der Waals surface area contributed by atoms with Crippen LogP contribution in [0, 0.1) is 0 Å². The van der Waals surface area contributed by atoms with Gasteiger partial charge in [-0.3, -0.25) is 4.79 Å². The highest BCUT2D eigenvalue weighted by Crippen LogP contribution is 2.22. The Balaban J connectivity index is 2.42. The first-order valence-electron chi connectivity index (χ1n) is 5.93. The normalized spacial score (nSPS) is 12.3. The number of carboxylic acid groups (broad SMARTS) is 1. The monoisotopic (exact) mass is 278 g/mol. The van der Waals surface area contributed by atoms with E-state index in [2.05, 4.69) is 4.98 Å². The lowest BCUT2D eigenvalue weighted by Crippen LogP contribution is -2.23. The maximum atomic E-state index is 11.8. The number of hydrogen-bond acceptors (Lipinski definition) is 4. The van der Waals surface area contributed by atoms with E-state index in [1.54, 1.807) is 17.5 Å². The first kappa shape index (κ1) is 13.5. The highest BCUT2D eigenvalue weighted by atomic mass is 32.1. The number of rotatable bonds is 4. The van der Waals surface area contributed by atoms with Gasteiger partial charge in [0.05, 0.1) is 11.6 Å². The van der Waals surface area contributed by atoms with Crippen LogP contribution in [0.3, 0.4) is 0 Å². The quantitative estimate of drug-likeness (QED) is 0.930. The second kappa shape index (κ2) is 5.36. The van der Waals surface area contributed by atoms with Gasteiger partial charge in [0.1, 0.15) is 5.01 Å². The SMILES string of the molecule is CCc1cnc(C(C)n2cc(C(=O)O)ccc2=O)s1. The van der Waals surface area contributed by atoms with Crippen molar-refractivity contribution in [1.82, 2.24) is 9.55 Å². The van der Waals surface area contributed by atoms with Gasteiger partial charge in [-0.1, -0.05) is 6.92 Å². The van der Waals surface area contributed by atoms with E-state index in [1.165, 1.54) is 22.9 Å². The van der Waals surface area contributed by atoms with Crippen LogP contribution in [0.4, 0.5) is 0 Å². The highest BCUT2D eigenvalue weighted by molar-refractivity contribution is 7.11. The Morgan fingerprint density at radius 3 is 2.84 bits per heavy atom. The molecule has 100 valence electrons. The summed E-state index contributed by atoms with van der Waals surface area (Å²) in [7, 11) is 0. The number of carbonyl (C=O) groups is 1.